The van der Waals surface area contributed by atoms with Gasteiger partial charge in [0.05, 0.1) is 0 Å². The summed E-state index contributed by atoms with van der Waals surface area (Å²) in [6.07, 6.45) is 2.63. The summed E-state index contributed by atoms with van der Waals surface area (Å²) in [4.78, 5) is 0. The van der Waals surface area contributed by atoms with Gasteiger partial charge in [-0.15, -0.1) is 0 Å². The molecule has 1 rings (SSSR count). The van der Waals surface area contributed by atoms with Crippen LogP contribution < -0.4 is 11.1 Å². The van der Waals surface area contributed by atoms with Crippen LogP contribution in [0.15, 0.2) is 0 Å². The maximum atomic E-state index is 8.81. The van der Waals surface area contributed by atoms with E-state index < -0.39 is 0 Å². The van der Waals surface area contributed by atoms with Crippen molar-refractivity contribution in [2.75, 3.05) is 19.6 Å². The molecule has 0 aromatic rings. The Balaban J connectivity index is 0.000000292. The van der Waals surface area contributed by atoms with Crippen LogP contribution in [0.4, 0.5) is 0 Å². The van der Waals surface area contributed by atoms with Crippen molar-refractivity contribution < 1.29 is 4.70 Å². The van der Waals surface area contributed by atoms with Gasteiger partial charge in [-0.3, -0.25) is 0 Å². The first-order valence-corrected chi connectivity index (χ1v) is 4.15. The Labute approximate surface area is 69.0 Å². The van der Waals surface area contributed by atoms with Gasteiger partial charge in [0.1, 0.15) is 0 Å². The first kappa shape index (κ1) is 10.8. The van der Waals surface area contributed by atoms with Gasteiger partial charge in [-0.1, -0.05) is 0 Å². The predicted molar refractivity (Wildman–Crippen MR) is 47.0 cm³/mol. The number of rotatable bonds is 1. The molecule has 1 saturated heterocycles. The summed E-state index contributed by atoms with van der Waals surface area (Å²) >= 11 is 0. The molecule has 1 heterocycles. The molecule has 3 nitrogen and oxygen atoms in total. The van der Waals surface area contributed by atoms with Crippen LogP contribution in [0, 0.1) is 5.92 Å². The minimum Gasteiger partial charge on any atom is -0.330 e. The van der Waals surface area contributed by atoms with Gasteiger partial charge >= 0.3 is 18.7 Å². The number of nitrogens with one attached hydrogen (secondary N) is 1. The van der Waals surface area contributed by atoms with Gasteiger partial charge < -0.3 is 11.1 Å². The van der Waals surface area contributed by atoms with Crippen molar-refractivity contribution in [3.05, 3.63) is 0 Å². The molecule has 0 aromatic heterocycles. The molecule has 64 valence electrons. The quantitative estimate of drug-likeness (QED) is 0.526. The van der Waals surface area contributed by atoms with Crippen LogP contribution >= 0.6 is 0 Å². The average Bonchev–Trinajstić information content (AvgIpc) is 2.08. The minimum atomic E-state index is 0.750. The molecule has 3 N–H and O–H groups in total. The van der Waals surface area contributed by atoms with Gasteiger partial charge in [-0.25, -0.2) is 0 Å². The topological polar surface area (TPSA) is 55.1 Å². The second kappa shape index (κ2) is 7.89. The van der Waals surface area contributed by atoms with Crippen LogP contribution in [0.5, 0.6) is 0 Å². The number of piperidine rings is 1. The van der Waals surface area contributed by atoms with E-state index in [0.717, 1.165) is 26.2 Å². The van der Waals surface area contributed by atoms with E-state index in [1.807, 2.05) is 0 Å². The molecule has 11 heavy (non-hydrogen) atoms. The van der Waals surface area contributed by atoms with Crippen molar-refractivity contribution in [2.24, 2.45) is 11.7 Å². The molecule has 0 spiro atoms. The van der Waals surface area contributed by atoms with Crippen molar-refractivity contribution in [2.45, 2.75) is 19.7 Å². The van der Waals surface area contributed by atoms with E-state index in [0.29, 0.717) is 0 Å². The molecule has 1 fully saturated rings. The maximum Gasteiger partial charge on any atom is -0.000845 e. The van der Waals surface area contributed by atoms with Crippen molar-refractivity contribution in [1.82, 2.24) is 5.32 Å². The van der Waals surface area contributed by atoms with Gasteiger partial charge in [0, 0.05) is 0 Å². The van der Waals surface area contributed by atoms with Crippen LogP contribution in [0.2, 0.25) is 6.82 Å². The maximum absolute atomic E-state index is 8.81. The molecular formula is C7H17BN2O. The first-order valence-electron chi connectivity index (χ1n) is 4.15. The molecule has 0 aliphatic carbocycles. The molecule has 0 aromatic carbocycles. The van der Waals surface area contributed by atoms with Gasteiger partial charge in [0.2, 0.25) is 0 Å². The fraction of sp³-hybridized carbons (Fsp3) is 1.00. The zero-order valence-electron chi connectivity index (χ0n) is 7.18. The summed E-state index contributed by atoms with van der Waals surface area (Å²) in [7, 11) is 0.750. The summed E-state index contributed by atoms with van der Waals surface area (Å²) in [5.74, 6) is 0.753. The van der Waals surface area contributed by atoms with Crippen LogP contribution in [0.3, 0.4) is 0 Å². The Morgan fingerprint density at radius 1 is 1.73 bits per heavy atom. The van der Waals surface area contributed by atoms with E-state index in [-0.39, 0.29) is 0 Å². The predicted octanol–water partition coefficient (Wildman–Crippen LogP) is 0.0289. The zero-order chi connectivity index (χ0) is 8.53. The Morgan fingerprint density at radius 3 is 2.64 bits per heavy atom. The summed E-state index contributed by atoms with van der Waals surface area (Å²) in [5, 5.41) is 3.31. The Bertz CT molecular complexity index is 94.4. The minimum absolute atomic E-state index is 0.750. The summed E-state index contributed by atoms with van der Waals surface area (Å²) in [5.41, 5.74) is 5.46. The molecule has 1 atom stereocenters. The molecule has 1 unspecified atom stereocenters. The van der Waals surface area contributed by atoms with E-state index in [1.54, 1.807) is 0 Å². The van der Waals surface area contributed by atoms with Crippen LogP contribution in [0.25, 0.3) is 0 Å². The van der Waals surface area contributed by atoms with E-state index in [2.05, 4.69) is 5.32 Å². The molecular weight excluding hydrogens is 139 g/mol. The smallest absolute Gasteiger partial charge is 0.000845 e. The van der Waals surface area contributed by atoms with E-state index in [4.69, 9.17) is 10.4 Å². The van der Waals surface area contributed by atoms with Gasteiger partial charge in [-0.2, -0.15) is 0 Å². The van der Waals surface area contributed by atoms with Gasteiger partial charge in [-0.05, 0) is 38.4 Å². The third kappa shape index (κ3) is 6.19. The molecule has 0 bridgehead atoms. The number of nitrogens with two attached hydrogens (primary N) is 1. The Kier molecular flexibility index (Phi) is 7.73. The van der Waals surface area contributed by atoms with E-state index >= 15 is 0 Å². The second-order valence-electron chi connectivity index (χ2n) is 2.68. The van der Waals surface area contributed by atoms with E-state index in [1.165, 1.54) is 26.2 Å². The first-order chi connectivity index (χ1) is 5.35. The van der Waals surface area contributed by atoms with E-state index in [9.17, 15) is 0 Å². The Hall–Kier alpha value is -0.215. The molecule has 4 heteroatoms. The average molecular weight is 156 g/mol. The summed E-state index contributed by atoms with van der Waals surface area (Å²) in [6.45, 7) is 4.62. The Morgan fingerprint density at radius 2 is 2.36 bits per heavy atom. The van der Waals surface area contributed by atoms with Crippen molar-refractivity contribution in [1.29, 1.82) is 0 Å². The standard InChI is InChI=1S/C6H14N2.CH3BO/c7-4-6-2-1-3-8-5-6;1-2-3/h6,8H,1-5,7H2;1H3. The molecule has 0 amide bonds. The SMILES string of the molecule is CB=O.NCC1CCCNC1. The third-order valence-electron chi connectivity index (χ3n) is 1.73. The van der Waals surface area contributed by atoms with Crippen LogP contribution in [-0.4, -0.2) is 26.8 Å². The molecule has 1 aliphatic rings. The summed E-state index contributed by atoms with van der Waals surface area (Å²) < 4.78 is 8.81. The van der Waals surface area contributed by atoms with Gasteiger partial charge in [0.15, 0.2) is 0 Å². The number of hydrogen-bond acceptors (Lipinski definition) is 3. The second-order valence-corrected chi connectivity index (χ2v) is 2.68. The molecule has 0 saturated carbocycles. The fourth-order valence-electron chi connectivity index (χ4n) is 1.13. The molecule has 1 aliphatic heterocycles. The molecule has 0 radical (unpaired) electrons. The van der Waals surface area contributed by atoms with Crippen molar-refractivity contribution in [3.63, 3.8) is 0 Å². The summed E-state index contributed by atoms with van der Waals surface area (Å²) in [6, 6.07) is 0. The number of hydrogen-bond donors (Lipinski definition) is 2. The fourth-order valence-corrected chi connectivity index (χ4v) is 1.13. The van der Waals surface area contributed by atoms with Crippen molar-refractivity contribution >= 4 is 7.15 Å². The zero-order valence-corrected chi connectivity index (χ0v) is 7.18. The van der Waals surface area contributed by atoms with Gasteiger partial charge in [0.25, 0.3) is 0 Å². The third-order valence-corrected chi connectivity index (χ3v) is 1.73. The largest absolute Gasteiger partial charge is 0.330 e. The van der Waals surface area contributed by atoms with Crippen molar-refractivity contribution in [3.8, 4) is 0 Å². The monoisotopic (exact) mass is 156 g/mol. The normalized spacial score (nSPS) is 22.9. The van der Waals surface area contributed by atoms with Crippen LogP contribution in [-0.2, 0) is 4.70 Å². The van der Waals surface area contributed by atoms with Crippen LogP contribution in [0.1, 0.15) is 12.8 Å².